The summed E-state index contributed by atoms with van der Waals surface area (Å²) >= 11 is 0. The van der Waals surface area contributed by atoms with E-state index in [0.29, 0.717) is 18.9 Å². The van der Waals surface area contributed by atoms with Crippen molar-refractivity contribution in [3.63, 3.8) is 0 Å². The Bertz CT molecular complexity index is 383. The van der Waals surface area contributed by atoms with Crippen molar-refractivity contribution in [1.29, 1.82) is 0 Å². The lowest BCUT2D eigenvalue weighted by Crippen LogP contribution is -2.43. The van der Waals surface area contributed by atoms with Crippen LogP contribution in [0, 0.1) is 0 Å². The van der Waals surface area contributed by atoms with Crippen molar-refractivity contribution in [3.05, 3.63) is 11.6 Å². The fourth-order valence-electron chi connectivity index (χ4n) is 1.52. The van der Waals surface area contributed by atoms with Crippen LogP contribution in [0.4, 0.5) is 13.2 Å². The Balaban J connectivity index is 2.73. The monoisotopic (exact) mass is 265 g/mol. The average molecular weight is 265 g/mol. The number of allylic oxidation sites excluding steroid dienone is 1. The number of hydrogen-bond donors (Lipinski definition) is 1. The minimum atomic E-state index is -4.53. The molecule has 0 aromatic carbocycles. The minimum absolute atomic E-state index is 0.303. The number of ether oxygens (including phenoxy) is 1. The molecule has 1 fully saturated rings. The number of nitrogens with one attached hydrogen (secondary N) is 1. The molecule has 0 bridgehead atoms. The van der Waals surface area contributed by atoms with Gasteiger partial charge in [-0.25, -0.2) is 4.79 Å². The predicted molar refractivity (Wildman–Crippen MR) is 56.6 cm³/mol. The SMILES string of the molecule is CC/C(=C\C(=O)NC1(C(=O)OC)CC1)C(F)(F)F. The molecule has 102 valence electrons. The van der Waals surface area contributed by atoms with E-state index in [9.17, 15) is 22.8 Å². The van der Waals surface area contributed by atoms with Gasteiger partial charge in [0.25, 0.3) is 0 Å². The van der Waals surface area contributed by atoms with Crippen molar-refractivity contribution in [3.8, 4) is 0 Å². The molecule has 0 unspecified atom stereocenters. The summed E-state index contributed by atoms with van der Waals surface area (Å²) in [5.41, 5.74) is -2.06. The standard InChI is InChI=1S/C11H14F3NO3/c1-3-7(11(12,13)14)6-8(16)15-10(4-5-10)9(17)18-2/h6H,3-5H2,1-2H3,(H,15,16)/b7-6+. The highest BCUT2D eigenvalue weighted by Gasteiger charge is 2.52. The number of amides is 1. The van der Waals surface area contributed by atoms with E-state index in [1.807, 2.05) is 0 Å². The molecule has 0 atom stereocenters. The van der Waals surface area contributed by atoms with Gasteiger partial charge in [0.1, 0.15) is 5.54 Å². The van der Waals surface area contributed by atoms with Crippen molar-refractivity contribution in [2.24, 2.45) is 0 Å². The molecule has 0 aromatic rings. The molecule has 1 N–H and O–H groups in total. The summed E-state index contributed by atoms with van der Waals surface area (Å²) in [7, 11) is 1.16. The van der Waals surface area contributed by atoms with E-state index in [2.05, 4.69) is 10.1 Å². The Morgan fingerprint density at radius 1 is 1.39 bits per heavy atom. The number of carbonyl (C=O) groups is 2. The molecule has 0 aromatic heterocycles. The zero-order valence-corrected chi connectivity index (χ0v) is 10.1. The fourth-order valence-corrected chi connectivity index (χ4v) is 1.52. The third kappa shape index (κ3) is 3.24. The van der Waals surface area contributed by atoms with Gasteiger partial charge in [0.05, 0.1) is 7.11 Å². The van der Waals surface area contributed by atoms with E-state index in [-0.39, 0.29) is 6.42 Å². The molecule has 0 heterocycles. The molecule has 0 aliphatic heterocycles. The van der Waals surface area contributed by atoms with Crippen molar-refractivity contribution < 1.29 is 27.5 Å². The summed E-state index contributed by atoms with van der Waals surface area (Å²) in [5.74, 6) is -1.55. The zero-order valence-electron chi connectivity index (χ0n) is 10.1. The summed E-state index contributed by atoms with van der Waals surface area (Å²) in [6.45, 7) is 1.31. The molecule has 0 spiro atoms. The Hall–Kier alpha value is -1.53. The second kappa shape index (κ2) is 4.99. The van der Waals surface area contributed by atoms with E-state index >= 15 is 0 Å². The first kappa shape index (κ1) is 14.5. The van der Waals surface area contributed by atoms with Crippen LogP contribution < -0.4 is 5.32 Å². The second-order valence-electron chi connectivity index (χ2n) is 4.08. The number of carbonyl (C=O) groups excluding carboxylic acids is 2. The Morgan fingerprint density at radius 3 is 2.28 bits per heavy atom. The maximum absolute atomic E-state index is 12.4. The molecular formula is C11H14F3NO3. The lowest BCUT2D eigenvalue weighted by Gasteiger charge is -2.14. The summed E-state index contributed by atoms with van der Waals surface area (Å²) in [4.78, 5) is 22.7. The zero-order chi connectivity index (χ0) is 14.0. The van der Waals surface area contributed by atoms with Crippen LogP contribution in [-0.4, -0.2) is 30.7 Å². The van der Waals surface area contributed by atoms with E-state index in [4.69, 9.17) is 0 Å². The van der Waals surface area contributed by atoms with Crippen LogP contribution in [0.25, 0.3) is 0 Å². The highest BCUT2D eigenvalue weighted by Crippen LogP contribution is 2.36. The van der Waals surface area contributed by atoms with Crippen LogP contribution in [0.1, 0.15) is 26.2 Å². The summed E-state index contributed by atoms with van der Waals surface area (Å²) in [6, 6.07) is 0. The number of alkyl halides is 3. The van der Waals surface area contributed by atoms with E-state index < -0.39 is 29.2 Å². The maximum Gasteiger partial charge on any atom is 0.412 e. The van der Waals surface area contributed by atoms with Crippen molar-refractivity contribution >= 4 is 11.9 Å². The number of esters is 1. The molecular weight excluding hydrogens is 251 g/mol. The van der Waals surface area contributed by atoms with E-state index in [1.54, 1.807) is 0 Å². The number of rotatable bonds is 4. The summed E-state index contributed by atoms with van der Waals surface area (Å²) in [6.07, 6.45) is -3.58. The van der Waals surface area contributed by atoms with Gasteiger partial charge in [-0.05, 0) is 19.3 Å². The van der Waals surface area contributed by atoms with Gasteiger partial charge in [0.15, 0.2) is 0 Å². The van der Waals surface area contributed by atoms with Crippen LogP contribution in [0.15, 0.2) is 11.6 Å². The van der Waals surface area contributed by atoms with Crippen LogP contribution in [0.2, 0.25) is 0 Å². The Labute approximate surface area is 102 Å². The molecule has 7 heteroatoms. The van der Waals surface area contributed by atoms with Crippen LogP contribution in [0.3, 0.4) is 0 Å². The number of methoxy groups -OCH3 is 1. The Kier molecular flexibility index (Phi) is 4.03. The van der Waals surface area contributed by atoms with Crippen molar-refractivity contribution in [1.82, 2.24) is 5.32 Å². The molecule has 4 nitrogen and oxygen atoms in total. The van der Waals surface area contributed by atoms with Gasteiger partial charge >= 0.3 is 12.1 Å². The smallest absolute Gasteiger partial charge is 0.412 e. The molecule has 1 saturated carbocycles. The first-order valence-corrected chi connectivity index (χ1v) is 5.43. The Morgan fingerprint density at radius 2 is 1.94 bits per heavy atom. The van der Waals surface area contributed by atoms with Gasteiger partial charge in [0, 0.05) is 11.6 Å². The molecule has 0 saturated heterocycles. The average Bonchev–Trinajstić information content (AvgIpc) is 3.04. The third-order valence-electron chi connectivity index (χ3n) is 2.74. The largest absolute Gasteiger partial charge is 0.467 e. The number of halogens is 3. The van der Waals surface area contributed by atoms with E-state index in [0.717, 1.165) is 7.11 Å². The van der Waals surface area contributed by atoms with Crippen LogP contribution in [-0.2, 0) is 14.3 Å². The van der Waals surface area contributed by atoms with Crippen molar-refractivity contribution in [2.75, 3.05) is 7.11 Å². The molecule has 18 heavy (non-hydrogen) atoms. The maximum atomic E-state index is 12.4. The summed E-state index contributed by atoms with van der Waals surface area (Å²) in [5, 5.41) is 2.27. The molecule has 1 rings (SSSR count). The lowest BCUT2D eigenvalue weighted by atomic mass is 10.1. The first-order chi connectivity index (χ1) is 8.25. The van der Waals surface area contributed by atoms with Gasteiger partial charge in [-0.3, -0.25) is 4.79 Å². The molecule has 1 aliphatic carbocycles. The molecule has 0 radical (unpaired) electrons. The minimum Gasteiger partial charge on any atom is -0.467 e. The third-order valence-corrected chi connectivity index (χ3v) is 2.74. The van der Waals surface area contributed by atoms with E-state index in [1.165, 1.54) is 6.92 Å². The quantitative estimate of drug-likeness (QED) is 0.622. The van der Waals surface area contributed by atoms with Crippen LogP contribution in [0.5, 0.6) is 0 Å². The normalized spacial score (nSPS) is 18.2. The molecule has 1 aliphatic rings. The van der Waals surface area contributed by atoms with Gasteiger partial charge in [0.2, 0.25) is 5.91 Å². The topological polar surface area (TPSA) is 55.4 Å². The highest BCUT2D eigenvalue weighted by atomic mass is 19.4. The fraction of sp³-hybridized carbons (Fsp3) is 0.636. The molecule has 1 amide bonds. The highest BCUT2D eigenvalue weighted by molar-refractivity contribution is 5.95. The number of hydrogen-bond acceptors (Lipinski definition) is 3. The lowest BCUT2D eigenvalue weighted by molar-refractivity contribution is -0.145. The van der Waals surface area contributed by atoms with Gasteiger partial charge < -0.3 is 10.1 Å². The van der Waals surface area contributed by atoms with Gasteiger partial charge in [-0.15, -0.1) is 0 Å². The van der Waals surface area contributed by atoms with Crippen molar-refractivity contribution in [2.45, 2.75) is 37.9 Å². The van der Waals surface area contributed by atoms with Gasteiger partial charge in [-0.2, -0.15) is 13.2 Å². The first-order valence-electron chi connectivity index (χ1n) is 5.43. The predicted octanol–water partition coefficient (Wildman–Crippen LogP) is 1.71. The van der Waals surface area contributed by atoms with Crippen LogP contribution >= 0.6 is 0 Å². The summed E-state index contributed by atoms with van der Waals surface area (Å²) < 4.78 is 41.7. The van der Waals surface area contributed by atoms with Gasteiger partial charge in [-0.1, -0.05) is 6.92 Å². The second-order valence-corrected chi connectivity index (χ2v) is 4.08.